The van der Waals surface area contributed by atoms with E-state index in [1.807, 2.05) is 6.92 Å². The molecule has 0 bridgehead atoms. The Morgan fingerprint density at radius 2 is 2.00 bits per heavy atom. The molecule has 0 spiro atoms. The molecule has 1 saturated carbocycles. The Morgan fingerprint density at radius 3 is 2.44 bits per heavy atom. The van der Waals surface area contributed by atoms with Gasteiger partial charge in [0.2, 0.25) is 5.91 Å². The van der Waals surface area contributed by atoms with Gasteiger partial charge in [0.15, 0.2) is 0 Å². The number of amides is 1. The van der Waals surface area contributed by atoms with Crippen LogP contribution in [0.3, 0.4) is 0 Å². The number of aliphatic carboxylic acids is 1. The van der Waals surface area contributed by atoms with Crippen molar-refractivity contribution in [2.45, 2.75) is 64.6 Å². The summed E-state index contributed by atoms with van der Waals surface area (Å²) in [5.41, 5.74) is 5.61. The highest BCUT2D eigenvalue weighted by molar-refractivity contribution is 7.80. The van der Waals surface area contributed by atoms with E-state index in [2.05, 4.69) is 26.5 Å². The van der Waals surface area contributed by atoms with Gasteiger partial charge in [-0.15, -0.1) is 0 Å². The standard InChI is InChI=1S/C17H30N2O5S/c1-10-6-5-7-17(2,3)14(10)19(12(9-25)16(23)24-4)15(22)11(18)8-13(20)21/h10-12,14,25H,5-9,18H2,1-4H3,(H,20,21)/t10-,11-,12-,14?/m0/s1. The summed E-state index contributed by atoms with van der Waals surface area (Å²) in [4.78, 5) is 37.7. The molecule has 0 aromatic heterocycles. The first-order chi connectivity index (χ1) is 11.6. The molecule has 0 radical (unpaired) electrons. The Hall–Kier alpha value is -1.28. The fraction of sp³-hybridized carbons (Fsp3) is 0.824. The topological polar surface area (TPSA) is 110 Å². The fourth-order valence-corrected chi connectivity index (χ4v) is 4.29. The SMILES string of the molecule is COC(=O)[C@H](CS)N(C(=O)[C@@H](N)CC(=O)O)C1[C@@H](C)CCCC1(C)C. The summed E-state index contributed by atoms with van der Waals surface area (Å²) in [5.74, 6) is -2.04. The molecule has 0 aromatic rings. The number of carboxylic acids is 1. The molecule has 1 amide bonds. The second kappa shape index (κ2) is 8.89. The number of esters is 1. The minimum atomic E-state index is -1.21. The highest BCUT2D eigenvalue weighted by Gasteiger charge is 2.47. The zero-order valence-corrected chi connectivity index (χ0v) is 16.3. The average molecular weight is 375 g/mol. The maximum Gasteiger partial charge on any atom is 0.329 e. The quantitative estimate of drug-likeness (QED) is 0.458. The fourth-order valence-electron chi connectivity index (χ4n) is 3.97. The molecule has 144 valence electrons. The third-order valence-electron chi connectivity index (χ3n) is 5.07. The van der Waals surface area contributed by atoms with Crippen LogP contribution in [0, 0.1) is 11.3 Å². The molecule has 25 heavy (non-hydrogen) atoms. The molecule has 7 nitrogen and oxygen atoms in total. The monoisotopic (exact) mass is 374 g/mol. The molecule has 0 aromatic carbocycles. The van der Waals surface area contributed by atoms with Crippen molar-refractivity contribution >= 4 is 30.5 Å². The maximum atomic E-state index is 13.0. The lowest BCUT2D eigenvalue weighted by Crippen LogP contribution is -2.63. The highest BCUT2D eigenvalue weighted by Crippen LogP contribution is 2.43. The van der Waals surface area contributed by atoms with Gasteiger partial charge >= 0.3 is 11.9 Å². The van der Waals surface area contributed by atoms with Crippen molar-refractivity contribution in [2.24, 2.45) is 17.1 Å². The number of ether oxygens (including phenoxy) is 1. The van der Waals surface area contributed by atoms with Crippen LogP contribution < -0.4 is 5.73 Å². The van der Waals surface area contributed by atoms with Gasteiger partial charge in [0, 0.05) is 11.8 Å². The summed E-state index contributed by atoms with van der Waals surface area (Å²) in [6.07, 6.45) is 2.38. The molecular formula is C17H30N2O5S. The molecule has 8 heteroatoms. The van der Waals surface area contributed by atoms with E-state index in [4.69, 9.17) is 15.6 Å². The van der Waals surface area contributed by atoms with Crippen LogP contribution in [0.15, 0.2) is 0 Å². The van der Waals surface area contributed by atoms with Crippen LogP contribution in [0.1, 0.15) is 46.5 Å². The van der Waals surface area contributed by atoms with Gasteiger partial charge in [0.25, 0.3) is 0 Å². The smallest absolute Gasteiger partial charge is 0.329 e. The highest BCUT2D eigenvalue weighted by atomic mass is 32.1. The van der Waals surface area contributed by atoms with E-state index >= 15 is 0 Å². The summed E-state index contributed by atoms with van der Waals surface area (Å²) in [7, 11) is 1.26. The normalized spacial score (nSPS) is 24.9. The van der Waals surface area contributed by atoms with E-state index in [9.17, 15) is 14.4 Å². The molecule has 1 aliphatic rings. The average Bonchev–Trinajstić information content (AvgIpc) is 2.51. The molecule has 3 N–H and O–H groups in total. The van der Waals surface area contributed by atoms with E-state index < -0.39 is 36.4 Å². The van der Waals surface area contributed by atoms with E-state index in [0.29, 0.717) is 0 Å². The van der Waals surface area contributed by atoms with E-state index in [0.717, 1.165) is 19.3 Å². The molecule has 0 saturated heterocycles. The van der Waals surface area contributed by atoms with Gasteiger partial charge in [-0.1, -0.05) is 27.2 Å². The molecule has 1 rings (SSSR count). The Balaban J connectivity index is 3.32. The second-order valence-corrected chi connectivity index (χ2v) is 7.84. The van der Waals surface area contributed by atoms with E-state index in [1.165, 1.54) is 12.0 Å². The summed E-state index contributed by atoms with van der Waals surface area (Å²) >= 11 is 4.24. The predicted octanol–water partition coefficient (Wildman–Crippen LogP) is 1.30. The third kappa shape index (κ3) is 5.10. The molecule has 1 unspecified atom stereocenters. The zero-order valence-electron chi connectivity index (χ0n) is 15.4. The van der Waals surface area contributed by atoms with Gasteiger partial charge in [-0.3, -0.25) is 9.59 Å². The van der Waals surface area contributed by atoms with Gasteiger partial charge < -0.3 is 20.5 Å². The van der Waals surface area contributed by atoms with E-state index in [1.54, 1.807) is 0 Å². The number of nitrogens with zero attached hydrogens (tertiary/aromatic N) is 1. The van der Waals surface area contributed by atoms with Crippen molar-refractivity contribution < 1.29 is 24.2 Å². The number of carboxylic acid groups (broad SMARTS) is 1. The summed E-state index contributed by atoms with van der Waals surface area (Å²) in [5, 5.41) is 8.97. The lowest BCUT2D eigenvalue weighted by atomic mass is 9.67. The maximum absolute atomic E-state index is 13.0. The predicted molar refractivity (Wildman–Crippen MR) is 97.3 cm³/mol. The van der Waals surface area contributed by atoms with Gasteiger partial charge in [-0.25, -0.2) is 4.79 Å². The summed E-state index contributed by atoms with van der Waals surface area (Å²) in [6, 6.07) is -2.36. The minimum Gasteiger partial charge on any atom is -0.481 e. The molecule has 0 heterocycles. The Morgan fingerprint density at radius 1 is 1.40 bits per heavy atom. The zero-order chi connectivity index (χ0) is 19.4. The van der Waals surface area contributed by atoms with Crippen LogP contribution in [-0.2, 0) is 19.1 Å². The number of methoxy groups -OCH3 is 1. The first-order valence-corrected chi connectivity index (χ1v) is 9.18. The summed E-state index contributed by atoms with van der Waals surface area (Å²) in [6.45, 7) is 6.16. The van der Waals surface area contributed by atoms with Crippen molar-refractivity contribution in [3.05, 3.63) is 0 Å². The van der Waals surface area contributed by atoms with Crippen molar-refractivity contribution in [2.75, 3.05) is 12.9 Å². The number of nitrogens with two attached hydrogens (primary N) is 1. The number of rotatable bonds is 7. The second-order valence-electron chi connectivity index (χ2n) is 7.47. The van der Waals surface area contributed by atoms with Crippen molar-refractivity contribution in [1.29, 1.82) is 0 Å². The Bertz CT molecular complexity index is 511. The van der Waals surface area contributed by atoms with Gasteiger partial charge in [-0.05, 0) is 24.2 Å². The Labute approximate surface area is 154 Å². The van der Waals surface area contributed by atoms with Crippen LogP contribution >= 0.6 is 12.6 Å². The first kappa shape index (κ1) is 21.8. The number of carbonyl (C=O) groups is 3. The largest absolute Gasteiger partial charge is 0.481 e. The van der Waals surface area contributed by atoms with Crippen LogP contribution in [0.5, 0.6) is 0 Å². The minimum absolute atomic E-state index is 0.0809. The van der Waals surface area contributed by atoms with Crippen molar-refractivity contribution in [1.82, 2.24) is 4.90 Å². The molecule has 1 aliphatic carbocycles. The van der Waals surface area contributed by atoms with Crippen molar-refractivity contribution in [3.8, 4) is 0 Å². The van der Waals surface area contributed by atoms with Crippen LogP contribution in [0.2, 0.25) is 0 Å². The number of hydrogen-bond acceptors (Lipinski definition) is 6. The number of thiol groups is 1. The summed E-state index contributed by atoms with van der Waals surface area (Å²) < 4.78 is 4.85. The third-order valence-corrected chi connectivity index (χ3v) is 5.41. The van der Waals surface area contributed by atoms with Gasteiger partial charge in [-0.2, -0.15) is 12.6 Å². The lowest BCUT2D eigenvalue weighted by Gasteiger charge is -2.51. The van der Waals surface area contributed by atoms with Crippen LogP contribution in [0.25, 0.3) is 0 Å². The van der Waals surface area contributed by atoms with Gasteiger partial charge in [0.1, 0.15) is 6.04 Å². The molecule has 0 aliphatic heterocycles. The van der Waals surface area contributed by atoms with Crippen LogP contribution in [0.4, 0.5) is 0 Å². The van der Waals surface area contributed by atoms with E-state index in [-0.39, 0.29) is 23.1 Å². The molecule has 1 fully saturated rings. The van der Waals surface area contributed by atoms with Crippen LogP contribution in [-0.4, -0.2) is 58.8 Å². The number of carbonyl (C=O) groups excluding carboxylic acids is 2. The van der Waals surface area contributed by atoms with Gasteiger partial charge in [0.05, 0.1) is 19.6 Å². The first-order valence-electron chi connectivity index (χ1n) is 8.55. The molecule has 4 atom stereocenters. The lowest BCUT2D eigenvalue weighted by molar-refractivity contribution is -0.160. The molecular weight excluding hydrogens is 344 g/mol. The number of hydrogen-bond donors (Lipinski definition) is 3. The van der Waals surface area contributed by atoms with Crippen molar-refractivity contribution in [3.63, 3.8) is 0 Å². The Kier molecular flexibility index (Phi) is 7.74.